The average molecular weight is 602 g/mol. The molecule has 0 bridgehead atoms. The minimum absolute atomic E-state index is 0.0329. The molecule has 4 rings (SSSR count). The number of carboxylic acids is 2. The van der Waals surface area contributed by atoms with Crippen LogP contribution in [0.3, 0.4) is 0 Å². The molecule has 15 nitrogen and oxygen atoms in total. The van der Waals surface area contributed by atoms with Crippen LogP contribution in [0.4, 0.5) is 5.13 Å². The number of thiazole rings is 1. The van der Waals surface area contributed by atoms with Crippen molar-refractivity contribution in [3.63, 3.8) is 0 Å². The van der Waals surface area contributed by atoms with Gasteiger partial charge in [0.2, 0.25) is 5.91 Å². The number of aliphatic carboxylic acids is 2. The monoisotopic (exact) mass is 601 g/mol. The molecule has 0 radical (unpaired) electrons. The van der Waals surface area contributed by atoms with E-state index in [0.717, 1.165) is 52.4 Å². The summed E-state index contributed by atoms with van der Waals surface area (Å²) in [4.78, 5) is 57.1. The number of nitrogens with one attached hydrogen (secondary N) is 1. The Bertz CT molecular complexity index is 1330. The van der Waals surface area contributed by atoms with Gasteiger partial charge < -0.3 is 30.8 Å². The highest BCUT2D eigenvalue weighted by molar-refractivity contribution is 8.02. The highest BCUT2D eigenvalue weighted by atomic mass is 32.2. The molecule has 0 aromatic carbocycles. The number of nitrogens with zero attached hydrogens (tertiary/aromatic N) is 5. The number of β-lactam (4-membered cyclic amide) rings is 1. The number of carbonyl (C=O) groups is 4. The second-order valence-corrected chi connectivity index (χ2v) is 12.0. The van der Waals surface area contributed by atoms with Gasteiger partial charge in [-0.2, -0.15) is 0 Å². The van der Waals surface area contributed by atoms with E-state index in [4.69, 9.17) is 15.6 Å². The maximum absolute atomic E-state index is 12.8. The zero-order valence-electron chi connectivity index (χ0n) is 19.4. The smallest absolute Gasteiger partial charge is 0.352 e. The fourth-order valence-electron chi connectivity index (χ4n) is 3.59. The van der Waals surface area contributed by atoms with E-state index in [0.29, 0.717) is 9.35 Å². The number of rotatable bonds is 12. The van der Waals surface area contributed by atoms with Gasteiger partial charge in [0, 0.05) is 16.7 Å². The third kappa shape index (κ3) is 5.75. The molecule has 0 aliphatic carbocycles. The Morgan fingerprint density at radius 2 is 2.18 bits per heavy atom. The van der Waals surface area contributed by atoms with Gasteiger partial charge in [0.15, 0.2) is 14.3 Å². The van der Waals surface area contributed by atoms with E-state index < -0.39 is 34.7 Å². The molecule has 0 spiro atoms. The number of carbonyl (C=O) groups excluding carboxylic acids is 2. The van der Waals surface area contributed by atoms with Crippen molar-refractivity contribution in [2.75, 3.05) is 25.2 Å². The molecule has 0 saturated carbocycles. The first-order valence-corrected chi connectivity index (χ1v) is 14.0. The SMILES string of the molecule is CON=CC(=O)NC1(c2csc(N)n2)S[C@H]2CC(=O)N2C(C(=O)O)=C1CSc1nnc(COCC(=O)O)s1. The zero-order chi connectivity index (χ0) is 27.4. The Hall–Kier alpha value is -3.26. The van der Waals surface area contributed by atoms with Crippen molar-refractivity contribution in [3.05, 3.63) is 27.4 Å². The van der Waals surface area contributed by atoms with Crippen molar-refractivity contribution >= 4 is 81.3 Å². The summed E-state index contributed by atoms with van der Waals surface area (Å²) in [6.07, 6.45) is 0.969. The molecule has 2 aliphatic heterocycles. The number of carboxylic acid groups (broad SMARTS) is 2. The number of hydrogen-bond donors (Lipinski definition) is 4. The molecule has 2 aromatic heterocycles. The van der Waals surface area contributed by atoms with Crippen molar-refractivity contribution in [2.45, 2.75) is 27.6 Å². The largest absolute Gasteiger partial charge is 0.480 e. The standard InChI is InChI=1S/C19H19N7O8S4/c1-33-21-3-10(27)23-19(9-7-35-17(20)22-9)8(15(16(31)32)26-12(28)2-13(26)38-19)6-36-18-25-24-11(37-18)4-34-5-14(29)30/h3,7,13H,2,4-6H2,1H3,(H2,20,22)(H,23,27)(H,29,30)(H,31,32)/t13-,19?/m0/s1. The predicted molar refractivity (Wildman–Crippen MR) is 137 cm³/mol. The summed E-state index contributed by atoms with van der Waals surface area (Å²) in [7, 11) is 1.27. The molecule has 1 fully saturated rings. The normalized spacial score (nSPS) is 20.8. The zero-order valence-corrected chi connectivity index (χ0v) is 22.6. The van der Waals surface area contributed by atoms with Crippen molar-refractivity contribution in [1.29, 1.82) is 0 Å². The Morgan fingerprint density at radius 1 is 1.39 bits per heavy atom. The van der Waals surface area contributed by atoms with E-state index >= 15 is 0 Å². The molecular formula is C19H19N7O8S4. The van der Waals surface area contributed by atoms with Gasteiger partial charge in [-0.05, 0) is 0 Å². The lowest BCUT2D eigenvalue weighted by atomic mass is 9.98. The van der Waals surface area contributed by atoms with Crippen LogP contribution < -0.4 is 11.1 Å². The molecule has 2 amide bonds. The maximum atomic E-state index is 12.8. The minimum atomic E-state index is -1.51. The molecule has 1 saturated heterocycles. The van der Waals surface area contributed by atoms with Gasteiger partial charge in [-0.3, -0.25) is 14.5 Å². The van der Waals surface area contributed by atoms with Crippen molar-refractivity contribution < 1.29 is 39.0 Å². The fraction of sp³-hybridized carbons (Fsp3) is 0.368. The maximum Gasteiger partial charge on any atom is 0.352 e. The number of fused-ring (bicyclic) bond motifs is 1. The first kappa shape index (κ1) is 27.8. The minimum Gasteiger partial charge on any atom is -0.480 e. The number of hydrogen-bond acceptors (Lipinski definition) is 15. The van der Waals surface area contributed by atoms with Crippen LogP contribution >= 0.6 is 46.2 Å². The van der Waals surface area contributed by atoms with E-state index in [1.54, 1.807) is 5.38 Å². The van der Waals surface area contributed by atoms with Gasteiger partial charge in [0.1, 0.15) is 37.2 Å². The van der Waals surface area contributed by atoms with Crippen molar-refractivity contribution in [2.24, 2.45) is 5.16 Å². The Labute approximate surface area is 230 Å². The van der Waals surface area contributed by atoms with Crippen LogP contribution in [0.1, 0.15) is 17.1 Å². The van der Waals surface area contributed by atoms with E-state index in [-0.39, 0.29) is 46.8 Å². The van der Waals surface area contributed by atoms with Crippen LogP contribution in [-0.4, -0.2) is 85.1 Å². The number of thioether (sulfide) groups is 2. The number of ether oxygens (including phenoxy) is 1. The van der Waals surface area contributed by atoms with Gasteiger partial charge in [-0.25, -0.2) is 14.6 Å². The number of anilines is 1. The molecule has 5 N–H and O–H groups in total. The number of amides is 2. The summed E-state index contributed by atoms with van der Waals surface area (Å²) in [5.74, 6) is -3.57. The first-order chi connectivity index (χ1) is 18.1. The lowest BCUT2D eigenvalue weighted by Gasteiger charge is -2.51. The molecule has 4 heterocycles. The van der Waals surface area contributed by atoms with E-state index in [9.17, 15) is 24.3 Å². The number of nitrogens with two attached hydrogens (primary N) is 1. The fourth-order valence-corrected chi connectivity index (χ4v) is 7.96. The number of oxime groups is 1. The van der Waals surface area contributed by atoms with Crippen molar-refractivity contribution in [1.82, 2.24) is 25.4 Å². The topological polar surface area (TPSA) is 220 Å². The Morgan fingerprint density at radius 3 is 2.82 bits per heavy atom. The van der Waals surface area contributed by atoms with Gasteiger partial charge >= 0.3 is 11.9 Å². The second kappa shape index (κ2) is 11.6. The summed E-state index contributed by atoms with van der Waals surface area (Å²) < 4.78 is 5.46. The van der Waals surface area contributed by atoms with Crippen LogP contribution in [0.25, 0.3) is 0 Å². The summed E-state index contributed by atoms with van der Waals surface area (Å²) in [6.45, 7) is -0.561. The lowest BCUT2D eigenvalue weighted by Crippen LogP contribution is -2.61. The average Bonchev–Trinajstić information content (AvgIpc) is 3.50. The third-order valence-electron chi connectivity index (χ3n) is 5.07. The predicted octanol–water partition coefficient (Wildman–Crippen LogP) is 0.515. The van der Waals surface area contributed by atoms with E-state index in [1.807, 2.05) is 0 Å². The van der Waals surface area contributed by atoms with Gasteiger partial charge in [0.05, 0.1) is 17.5 Å². The Kier molecular flexibility index (Phi) is 8.51. The van der Waals surface area contributed by atoms with E-state index in [1.165, 1.54) is 12.0 Å². The van der Waals surface area contributed by atoms with Crippen LogP contribution in [0.15, 0.2) is 26.1 Å². The molecule has 1 unspecified atom stereocenters. The first-order valence-electron chi connectivity index (χ1n) is 10.5. The van der Waals surface area contributed by atoms with Crippen molar-refractivity contribution in [3.8, 4) is 0 Å². The van der Waals surface area contributed by atoms with Crippen LogP contribution in [0.5, 0.6) is 0 Å². The van der Waals surface area contributed by atoms with Gasteiger partial charge in [-0.15, -0.1) is 21.5 Å². The highest BCUT2D eigenvalue weighted by Gasteiger charge is 2.56. The number of aromatic nitrogens is 3. The highest BCUT2D eigenvalue weighted by Crippen LogP contribution is 2.55. The number of nitrogen functional groups attached to an aromatic ring is 1. The molecule has 2 aliphatic rings. The molecular weight excluding hydrogens is 583 g/mol. The van der Waals surface area contributed by atoms with Gasteiger partial charge in [0.25, 0.3) is 5.91 Å². The summed E-state index contributed by atoms with van der Waals surface area (Å²) >= 11 is 4.52. The van der Waals surface area contributed by atoms with Crippen LogP contribution in [0.2, 0.25) is 0 Å². The lowest BCUT2D eigenvalue weighted by molar-refractivity contribution is -0.146. The quantitative estimate of drug-likeness (QED) is 0.113. The summed E-state index contributed by atoms with van der Waals surface area (Å²) in [5.41, 5.74) is 6.08. The third-order valence-corrected chi connectivity index (χ3v) is 9.36. The van der Waals surface area contributed by atoms with Crippen LogP contribution in [0, 0.1) is 0 Å². The summed E-state index contributed by atoms with van der Waals surface area (Å²) in [5, 5.41) is 34.9. The Balaban J connectivity index is 1.73. The molecule has 19 heteroatoms. The van der Waals surface area contributed by atoms with Gasteiger partial charge in [-0.1, -0.05) is 40.0 Å². The van der Waals surface area contributed by atoms with Crippen LogP contribution in [-0.2, 0) is 40.2 Å². The van der Waals surface area contributed by atoms with E-state index in [2.05, 4.69) is 30.5 Å². The molecule has 2 atom stereocenters. The molecule has 38 heavy (non-hydrogen) atoms. The molecule has 202 valence electrons. The summed E-state index contributed by atoms with van der Waals surface area (Å²) in [6, 6.07) is 0. The second-order valence-electron chi connectivity index (χ2n) is 7.47. The molecule has 2 aromatic rings.